The van der Waals surface area contributed by atoms with Crippen LogP contribution in [0.1, 0.15) is 47.1 Å². The molecule has 1 heterocycles. The molecule has 0 N–H and O–H groups in total. The van der Waals surface area contributed by atoms with Crippen molar-refractivity contribution in [3.8, 4) is 5.75 Å². The lowest BCUT2D eigenvalue weighted by atomic mass is 9.52. The Morgan fingerprint density at radius 3 is 1.94 bits per heavy atom. The van der Waals surface area contributed by atoms with Crippen LogP contribution in [0.3, 0.4) is 0 Å². The lowest BCUT2D eigenvalue weighted by Gasteiger charge is -2.48. The van der Waals surface area contributed by atoms with E-state index in [9.17, 15) is 4.79 Å². The highest BCUT2D eigenvalue weighted by molar-refractivity contribution is 5.92. The summed E-state index contributed by atoms with van der Waals surface area (Å²) in [6.07, 6.45) is 0. The highest BCUT2D eigenvalue weighted by Crippen LogP contribution is 2.59. The summed E-state index contributed by atoms with van der Waals surface area (Å²) in [6.45, 7) is 12.7. The van der Waals surface area contributed by atoms with E-state index in [-0.39, 0.29) is 16.8 Å². The van der Waals surface area contributed by atoms with Gasteiger partial charge in [0.05, 0.1) is 0 Å². The molecule has 0 unspecified atom stereocenters. The van der Waals surface area contributed by atoms with Crippen LogP contribution < -0.4 is 4.74 Å². The van der Waals surface area contributed by atoms with Gasteiger partial charge in [-0.2, -0.15) is 0 Å². The van der Waals surface area contributed by atoms with Gasteiger partial charge in [0.25, 0.3) is 0 Å². The van der Waals surface area contributed by atoms with Crippen LogP contribution in [0.25, 0.3) is 0 Å². The number of hydrogen-bond acceptors (Lipinski definition) is 2. The average molecular weight is 246 g/mol. The largest absolute Gasteiger partial charge is 0.426 e. The zero-order valence-electron chi connectivity index (χ0n) is 12.1. The first-order valence-corrected chi connectivity index (χ1v) is 6.44. The molecule has 1 aromatic carbocycles. The maximum atomic E-state index is 12.6. The lowest BCUT2D eigenvalue weighted by molar-refractivity contribution is -0.148. The number of carbonyl (C=O) groups is 1. The van der Waals surface area contributed by atoms with E-state index in [0.29, 0.717) is 5.75 Å². The van der Waals surface area contributed by atoms with Crippen molar-refractivity contribution in [3.05, 3.63) is 29.8 Å². The summed E-state index contributed by atoms with van der Waals surface area (Å²) in [5, 5.41) is 0. The van der Waals surface area contributed by atoms with Crippen LogP contribution in [0.2, 0.25) is 0 Å². The Labute approximate surface area is 109 Å². The molecule has 0 saturated carbocycles. The van der Waals surface area contributed by atoms with E-state index in [1.807, 2.05) is 24.3 Å². The number of fused-ring (bicyclic) bond motifs is 1. The van der Waals surface area contributed by atoms with Gasteiger partial charge in [-0.05, 0) is 16.9 Å². The van der Waals surface area contributed by atoms with Crippen molar-refractivity contribution in [2.75, 3.05) is 0 Å². The van der Waals surface area contributed by atoms with Crippen molar-refractivity contribution >= 4 is 5.97 Å². The maximum Gasteiger partial charge on any atom is 0.323 e. The average Bonchev–Trinajstić information content (AvgIpc) is 2.47. The second kappa shape index (κ2) is 3.59. The maximum absolute atomic E-state index is 12.6. The van der Waals surface area contributed by atoms with E-state index < -0.39 is 5.41 Å². The van der Waals surface area contributed by atoms with Gasteiger partial charge in [-0.1, -0.05) is 59.7 Å². The van der Waals surface area contributed by atoms with Gasteiger partial charge < -0.3 is 4.74 Å². The summed E-state index contributed by atoms with van der Waals surface area (Å²) < 4.78 is 5.54. The van der Waals surface area contributed by atoms with Crippen molar-refractivity contribution in [3.63, 3.8) is 0 Å². The Balaban J connectivity index is 2.81. The van der Waals surface area contributed by atoms with Gasteiger partial charge in [-0.25, -0.2) is 0 Å². The monoisotopic (exact) mass is 246 g/mol. The number of benzene rings is 1. The Morgan fingerprint density at radius 1 is 0.944 bits per heavy atom. The normalized spacial score (nSPS) is 18.4. The molecule has 18 heavy (non-hydrogen) atoms. The van der Waals surface area contributed by atoms with Gasteiger partial charge in [0.2, 0.25) is 0 Å². The summed E-state index contributed by atoms with van der Waals surface area (Å²) in [6, 6.07) is 7.80. The molecule has 1 aliphatic rings. The summed E-state index contributed by atoms with van der Waals surface area (Å²) >= 11 is 0. The van der Waals surface area contributed by atoms with Crippen molar-refractivity contribution < 1.29 is 9.53 Å². The van der Waals surface area contributed by atoms with Crippen LogP contribution in [0, 0.1) is 10.8 Å². The third kappa shape index (κ3) is 1.44. The Bertz CT molecular complexity index is 473. The molecule has 0 saturated heterocycles. The van der Waals surface area contributed by atoms with Gasteiger partial charge in [0, 0.05) is 5.56 Å². The minimum absolute atomic E-state index is 0.122. The van der Waals surface area contributed by atoms with Gasteiger partial charge in [-0.15, -0.1) is 0 Å². The summed E-state index contributed by atoms with van der Waals surface area (Å²) in [5.41, 5.74) is 0.0236. The molecule has 2 rings (SSSR count). The highest BCUT2D eigenvalue weighted by atomic mass is 16.5. The first-order chi connectivity index (χ1) is 8.12. The first-order valence-electron chi connectivity index (χ1n) is 6.44. The number of para-hydroxylation sites is 1. The Morgan fingerprint density at radius 2 is 1.44 bits per heavy atom. The fraction of sp³-hybridized carbons (Fsp3) is 0.562. The van der Waals surface area contributed by atoms with E-state index in [2.05, 4.69) is 41.5 Å². The highest BCUT2D eigenvalue weighted by Gasteiger charge is 2.62. The molecule has 2 heteroatoms. The fourth-order valence-corrected chi connectivity index (χ4v) is 3.70. The molecule has 0 bridgehead atoms. The number of esters is 1. The van der Waals surface area contributed by atoms with Gasteiger partial charge >= 0.3 is 5.97 Å². The molecule has 1 aromatic rings. The molecule has 0 fully saturated rings. The molecule has 0 aromatic heterocycles. The lowest BCUT2D eigenvalue weighted by Crippen LogP contribution is -2.54. The topological polar surface area (TPSA) is 26.3 Å². The van der Waals surface area contributed by atoms with Crippen LogP contribution in [0.15, 0.2) is 24.3 Å². The van der Waals surface area contributed by atoms with Crippen molar-refractivity contribution in [2.45, 2.75) is 47.0 Å². The van der Waals surface area contributed by atoms with E-state index >= 15 is 0 Å². The van der Waals surface area contributed by atoms with E-state index in [1.165, 1.54) is 0 Å². The minimum Gasteiger partial charge on any atom is -0.426 e. The van der Waals surface area contributed by atoms with Crippen LogP contribution >= 0.6 is 0 Å². The number of rotatable bonds is 0. The molecular formula is C16H22O2. The second-order valence-electron chi connectivity index (χ2n) is 7.14. The number of ether oxygens (including phenoxy) is 1. The minimum atomic E-state index is -0.601. The third-order valence-electron chi connectivity index (χ3n) is 4.05. The summed E-state index contributed by atoms with van der Waals surface area (Å²) in [4.78, 5) is 12.6. The van der Waals surface area contributed by atoms with Crippen molar-refractivity contribution in [1.82, 2.24) is 0 Å². The van der Waals surface area contributed by atoms with E-state index in [4.69, 9.17) is 4.74 Å². The molecular weight excluding hydrogens is 224 g/mol. The molecule has 0 radical (unpaired) electrons. The van der Waals surface area contributed by atoms with Crippen LogP contribution in [-0.2, 0) is 10.2 Å². The molecule has 0 spiro atoms. The number of hydrogen-bond donors (Lipinski definition) is 0. The van der Waals surface area contributed by atoms with Gasteiger partial charge in [0.1, 0.15) is 11.2 Å². The van der Waals surface area contributed by atoms with E-state index in [0.717, 1.165) is 5.56 Å². The zero-order chi connectivity index (χ0) is 13.8. The van der Waals surface area contributed by atoms with Crippen LogP contribution in [0.5, 0.6) is 5.75 Å². The molecule has 98 valence electrons. The summed E-state index contributed by atoms with van der Waals surface area (Å²) in [7, 11) is 0. The molecule has 0 aliphatic carbocycles. The quantitative estimate of drug-likeness (QED) is 0.512. The third-order valence-corrected chi connectivity index (χ3v) is 4.05. The van der Waals surface area contributed by atoms with Gasteiger partial charge in [0.15, 0.2) is 0 Å². The van der Waals surface area contributed by atoms with Crippen molar-refractivity contribution in [2.24, 2.45) is 10.8 Å². The Kier molecular flexibility index (Phi) is 2.62. The predicted molar refractivity (Wildman–Crippen MR) is 72.7 cm³/mol. The smallest absolute Gasteiger partial charge is 0.323 e. The standard InChI is InChI=1S/C16H22O2/c1-14(2,3)16(15(4,5)6)11-9-7-8-10-12(11)18-13(16)17/h7-10H,1-6H3. The van der Waals surface area contributed by atoms with E-state index in [1.54, 1.807) is 0 Å². The first kappa shape index (κ1) is 13.1. The molecule has 0 atom stereocenters. The van der Waals surface area contributed by atoms with Crippen LogP contribution in [-0.4, -0.2) is 5.97 Å². The van der Waals surface area contributed by atoms with Gasteiger partial charge in [-0.3, -0.25) is 4.79 Å². The second-order valence-corrected chi connectivity index (χ2v) is 7.14. The predicted octanol–water partition coefficient (Wildman–Crippen LogP) is 3.94. The summed E-state index contributed by atoms with van der Waals surface area (Å²) in [5.74, 6) is 0.594. The Hall–Kier alpha value is -1.31. The number of carbonyl (C=O) groups excluding carboxylic acids is 1. The molecule has 0 amide bonds. The zero-order valence-corrected chi connectivity index (χ0v) is 12.1. The SMILES string of the molecule is CC(C)(C)C1(C(C)(C)C)C(=O)Oc2ccccc21. The van der Waals surface area contributed by atoms with Crippen LogP contribution in [0.4, 0.5) is 0 Å². The molecule has 1 aliphatic heterocycles. The fourth-order valence-electron chi connectivity index (χ4n) is 3.70. The van der Waals surface area contributed by atoms with Crippen molar-refractivity contribution in [1.29, 1.82) is 0 Å². The molecule has 2 nitrogen and oxygen atoms in total.